The van der Waals surface area contributed by atoms with Gasteiger partial charge in [-0.2, -0.15) is 0 Å². The molecule has 146 valence electrons. The highest BCUT2D eigenvalue weighted by molar-refractivity contribution is 7.15. The Morgan fingerprint density at radius 3 is 2.66 bits per heavy atom. The van der Waals surface area contributed by atoms with Crippen LogP contribution in [0.5, 0.6) is 0 Å². The predicted molar refractivity (Wildman–Crippen MR) is 113 cm³/mol. The van der Waals surface area contributed by atoms with Crippen LogP contribution in [-0.2, 0) is 17.6 Å². The maximum absolute atomic E-state index is 12.2. The van der Waals surface area contributed by atoms with Crippen LogP contribution in [0.25, 0.3) is 11.5 Å². The lowest BCUT2D eigenvalue weighted by atomic mass is 10.1. The number of halogens is 1. The van der Waals surface area contributed by atoms with Gasteiger partial charge in [0.05, 0.1) is 0 Å². The number of benzene rings is 2. The fourth-order valence-corrected chi connectivity index (χ4v) is 3.69. The lowest BCUT2D eigenvalue weighted by molar-refractivity contribution is -0.116. The molecule has 1 N–H and O–H groups in total. The molecule has 0 spiro atoms. The highest BCUT2D eigenvalue weighted by Gasteiger charge is 2.12. The van der Waals surface area contributed by atoms with Gasteiger partial charge < -0.3 is 9.73 Å². The summed E-state index contributed by atoms with van der Waals surface area (Å²) in [5, 5.41) is 12.2. The first-order chi connectivity index (χ1) is 14.2. The molecule has 0 aliphatic carbocycles. The van der Waals surface area contributed by atoms with Crippen LogP contribution >= 0.6 is 22.9 Å². The van der Waals surface area contributed by atoms with Crippen LogP contribution in [0.4, 0.5) is 5.13 Å². The number of carbonyl (C=O) groups excluding carboxylic acids is 1. The van der Waals surface area contributed by atoms with Gasteiger partial charge >= 0.3 is 0 Å². The average molecular weight is 425 g/mol. The highest BCUT2D eigenvalue weighted by atomic mass is 35.5. The normalized spacial score (nSPS) is 10.8. The van der Waals surface area contributed by atoms with Crippen molar-refractivity contribution in [3.8, 4) is 11.5 Å². The predicted octanol–water partition coefficient (Wildman–Crippen LogP) is 5.01. The quantitative estimate of drug-likeness (QED) is 0.451. The van der Waals surface area contributed by atoms with E-state index >= 15 is 0 Å². The maximum atomic E-state index is 12.2. The summed E-state index contributed by atoms with van der Waals surface area (Å²) < 4.78 is 5.62. The first-order valence-corrected chi connectivity index (χ1v) is 10.2. The number of hydrogen-bond acceptors (Lipinski definition) is 6. The van der Waals surface area contributed by atoms with Gasteiger partial charge in [-0.1, -0.05) is 41.9 Å². The number of anilines is 1. The van der Waals surface area contributed by atoms with E-state index in [0.717, 1.165) is 22.4 Å². The molecule has 0 saturated carbocycles. The number of hydrogen-bond donors (Lipinski definition) is 1. The molecule has 0 atom stereocenters. The molecule has 0 aliphatic rings. The Balaban J connectivity index is 1.28. The number of aryl methyl sites for hydroxylation is 1. The molecule has 8 heteroatoms. The Morgan fingerprint density at radius 1 is 1.07 bits per heavy atom. The standard InChI is InChI=1S/C21H17ClN4O2S/c22-16-8-6-14(7-9-16)12-17-13-23-21(29-17)24-18(27)10-11-19-25-26-20(28-19)15-4-2-1-3-5-15/h1-9,13H,10-12H2,(H,23,24,27). The highest BCUT2D eigenvalue weighted by Crippen LogP contribution is 2.22. The van der Waals surface area contributed by atoms with Gasteiger partial charge in [-0.3, -0.25) is 4.79 Å². The summed E-state index contributed by atoms with van der Waals surface area (Å²) in [4.78, 5) is 17.6. The summed E-state index contributed by atoms with van der Waals surface area (Å²) in [6, 6.07) is 17.2. The summed E-state index contributed by atoms with van der Waals surface area (Å²) in [7, 11) is 0. The molecule has 0 radical (unpaired) electrons. The van der Waals surface area contributed by atoms with Crippen molar-refractivity contribution in [2.75, 3.05) is 5.32 Å². The molecule has 0 unspecified atom stereocenters. The van der Waals surface area contributed by atoms with E-state index in [1.54, 1.807) is 6.20 Å². The zero-order valence-corrected chi connectivity index (χ0v) is 16.9. The van der Waals surface area contributed by atoms with E-state index in [4.69, 9.17) is 16.0 Å². The minimum atomic E-state index is -0.142. The van der Waals surface area contributed by atoms with Gasteiger partial charge in [-0.05, 0) is 29.8 Å². The first-order valence-electron chi connectivity index (χ1n) is 9.02. The Kier molecular flexibility index (Phi) is 5.97. The third-order valence-corrected chi connectivity index (χ3v) is 5.31. The molecule has 2 aromatic heterocycles. The van der Waals surface area contributed by atoms with Crippen LogP contribution in [0.1, 0.15) is 22.8 Å². The molecule has 0 fully saturated rings. The number of rotatable bonds is 7. The van der Waals surface area contributed by atoms with E-state index in [9.17, 15) is 4.79 Å². The van der Waals surface area contributed by atoms with Crippen LogP contribution in [0.2, 0.25) is 5.02 Å². The Morgan fingerprint density at radius 2 is 1.86 bits per heavy atom. The summed E-state index contributed by atoms with van der Waals surface area (Å²) in [5.41, 5.74) is 1.99. The van der Waals surface area contributed by atoms with Crippen molar-refractivity contribution in [2.24, 2.45) is 0 Å². The topological polar surface area (TPSA) is 80.9 Å². The van der Waals surface area contributed by atoms with Crippen LogP contribution in [0.3, 0.4) is 0 Å². The zero-order valence-electron chi connectivity index (χ0n) is 15.3. The molecule has 4 rings (SSSR count). The van der Waals surface area contributed by atoms with Gasteiger partial charge in [-0.25, -0.2) is 4.98 Å². The van der Waals surface area contributed by atoms with Crippen molar-refractivity contribution >= 4 is 34.0 Å². The number of carbonyl (C=O) groups is 1. The minimum absolute atomic E-state index is 0.142. The van der Waals surface area contributed by atoms with Crippen molar-refractivity contribution < 1.29 is 9.21 Å². The summed E-state index contributed by atoms with van der Waals surface area (Å²) >= 11 is 7.37. The third kappa shape index (κ3) is 5.28. The van der Waals surface area contributed by atoms with E-state index in [2.05, 4.69) is 20.5 Å². The molecule has 4 aromatic rings. The van der Waals surface area contributed by atoms with Crippen molar-refractivity contribution in [2.45, 2.75) is 19.3 Å². The van der Waals surface area contributed by atoms with Crippen molar-refractivity contribution in [1.82, 2.24) is 15.2 Å². The van der Waals surface area contributed by atoms with Gasteiger partial charge in [0.25, 0.3) is 0 Å². The third-order valence-electron chi connectivity index (χ3n) is 4.15. The van der Waals surface area contributed by atoms with Gasteiger partial charge in [0.2, 0.25) is 17.7 Å². The Hall–Kier alpha value is -3.03. The van der Waals surface area contributed by atoms with Crippen LogP contribution < -0.4 is 5.32 Å². The average Bonchev–Trinajstić information content (AvgIpc) is 3.38. The van der Waals surface area contributed by atoms with E-state index in [1.165, 1.54) is 11.3 Å². The lowest BCUT2D eigenvalue weighted by Gasteiger charge is -2.00. The van der Waals surface area contributed by atoms with E-state index in [-0.39, 0.29) is 12.3 Å². The SMILES string of the molecule is O=C(CCc1nnc(-c2ccccc2)o1)Nc1ncc(Cc2ccc(Cl)cc2)s1. The second-order valence-electron chi connectivity index (χ2n) is 6.35. The summed E-state index contributed by atoms with van der Waals surface area (Å²) in [5.74, 6) is 0.742. The second kappa shape index (κ2) is 8.98. The first kappa shape index (κ1) is 19.3. The van der Waals surface area contributed by atoms with Crippen molar-refractivity contribution in [3.63, 3.8) is 0 Å². The largest absolute Gasteiger partial charge is 0.421 e. The van der Waals surface area contributed by atoms with Gasteiger partial charge in [0.15, 0.2) is 5.13 Å². The molecule has 0 aliphatic heterocycles. The number of nitrogens with one attached hydrogen (secondary N) is 1. The molecule has 6 nitrogen and oxygen atoms in total. The summed E-state index contributed by atoms with van der Waals surface area (Å²) in [6.07, 6.45) is 3.13. The number of amides is 1. The van der Waals surface area contributed by atoms with Gasteiger partial charge in [0, 0.05) is 40.9 Å². The summed E-state index contributed by atoms with van der Waals surface area (Å²) in [6.45, 7) is 0. The van der Waals surface area contributed by atoms with Crippen molar-refractivity contribution in [3.05, 3.63) is 82.1 Å². The lowest BCUT2D eigenvalue weighted by Crippen LogP contribution is -2.12. The van der Waals surface area contributed by atoms with Gasteiger partial charge in [-0.15, -0.1) is 21.5 Å². The van der Waals surface area contributed by atoms with Crippen molar-refractivity contribution in [1.29, 1.82) is 0 Å². The van der Waals surface area contributed by atoms with Crippen LogP contribution in [0.15, 0.2) is 65.2 Å². The Bertz CT molecular complexity index is 1090. The van der Waals surface area contributed by atoms with Crippen LogP contribution in [-0.4, -0.2) is 21.1 Å². The molecule has 0 bridgehead atoms. The smallest absolute Gasteiger partial charge is 0.247 e. The molecule has 2 heterocycles. The van der Waals surface area contributed by atoms with E-state index < -0.39 is 0 Å². The fourth-order valence-electron chi connectivity index (χ4n) is 2.70. The van der Waals surface area contributed by atoms with Crippen LogP contribution in [0, 0.1) is 0 Å². The molecular weight excluding hydrogens is 408 g/mol. The number of nitrogens with zero attached hydrogens (tertiary/aromatic N) is 3. The van der Waals surface area contributed by atoms with E-state index in [0.29, 0.717) is 28.4 Å². The monoisotopic (exact) mass is 424 g/mol. The van der Waals surface area contributed by atoms with E-state index in [1.807, 2.05) is 54.6 Å². The second-order valence-corrected chi connectivity index (χ2v) is 7.90. The molecular formula is C21H17ClN4O2S. The maximum Gasteiger partial charge on any atom is 0.247 e. The molecule has 0 saturated heterocycles. The Labute approximate surface area is 176 Å². The zero-order chi connectivity index (χ0) is 20.1. The minimum Gasteiger partial charge on any atom is -0.421 e. The molecule has 1 amide bonds. The number of aromatic nitrogens is 3. The molecule has 2 aromatic carbocycles. The van der Waals surface area contributed by atoms with Gasteiger partial charge in [0.1, 0.15) is 0 Å². The fraction of sp³-hybridized carbons (Fsp3) is 0.143. The molecule has 29 heavy (non-hydrogen) atoms. The number of thiazole rings is 1.